The zero-order valence-electron chi connectivity index (χ0n) is 9.98. The van der Waals surface area contributed by atoms with Crippen molar-refractivity contribution in [2.75, 3.05) is 25.1 Å². The molecule has 1 N–H and O–H groups in total. The van der Waals surface area contributed by atoms with Crippen molar-refractivity contribution in [2.45, 2.75) is 51.9 Å². The fraction of sp³-hybridized carbons (Fsp3) is 1.00. The fourth-order valence-electron chi connectivity index (χ4n) is 1.47. The smallest absolute Gasteiger partial charge is 0.00489 e. The molecule has 2 heteroatoms. The van der Waals surface area contributed by atoms with Crippen molar-refractivity contribution in [3.05, 3.63) is 0 Å². The SMILES string of the molecule is CCCCCNCCCCCCSC. The molecule has 0 fully saturated rings. The second-order valence-electron chi connectivity index (χ2n) is 3.86. The van der Waals surface area contributed by atoms with E-state index in [1.54, 1.807) is 0 Å². The standard InChI is InChI=1S/C12H27NS/c1-3-4-7-10-13-11-8-5-6-9-12-14-2/h13H,3-12H2,1-2H3. The molecule has 0 rings (SSSR count). The lowest BCUT2D eigenvalue weighted by Crippen LogP contribution is -2.16. The van der Waals surface area contributed by atoms with E-state index < -0.39 is 0 Å². The average molecular weight is 217 g/mol. The van der Waals surface area contributed by atoms with Gasteiger partial charge in [-0.05, 0) is 44.4 Å². The van der Waals surface area contributed by atoms with Gasteiger partial charge in [0.15, 0.2) is 0 Å². The Morgan fingerprint density at radius 2 is 1.50 bits per heavy atom. The predicted octanol–water partition coefficient (Wildman–Crippen LogP) is 3.69. The molecule has 0 aromatic carbocycles. The average Bonchev–Trinajstić information content (AvgIpc) is 2.21. The van der Waals surface area contributed by atoms with Crippen LogP contribution in [0, 0.1) is 0 Å². The van der Waals surface area contributed by atoms with Crippen molar-refractivity contribution in [1.82, 2.24) is 5.32 Å². The molecule has 0 bridgehead atoms. The lowest BCUT2D eigenvalue weighted by atomic mass is 10.2. The highest BCUT2D eigenvalue weighted by molar-refractivity contribution is 7.98. The summed E-state index contributed by atoms with van der Waals surface area (Å²) in [7, 11) is 0. The number of hydrogen-bond donors (Lipinski definition) is 1. The fourth-order valence-corrected chi connectivity index (χ4v) is 1.97. The van der Waals surface area contributed by atoms with Gasteiger partial charge in [-0.1, -0.05) is 32.6 Å². The third-order valence-electron chi connectivity index (χ3n) is 2.41. The van der Waals surface area contributed by atoms with E-state index in [1.807, 2.05) is 11.8 Å². The molecule has 0 saturated heterocycles. The van der Waals surface area contributed by atoms with Gasteiger partial charge in [0, 0.05) is 0 Å². The van der Waals surface area contributed by atoms with E-state index in [4.69, 9.17) is 0 Å². The molecule has 14 heavy (non-hydrogen) atoms. The van der Waals surface area contributed by atoms with Crippen LogP contribution in [0.2, 0.25) is 0 Å². The van der Waals surface area contributed by atoms with E-state index in [1.165, 1.54) is 63.8 Å². The summed E-state index contributed by atoms with van der Waals surface area (Å²) in [5.74, 6) is 1.34. The van der Waals surface area contributed by atoms with Gasteiger partial charge < -0.3 is 5.32 Å². The second kappa shape index (κ2) is 13.3. The Morgan fingerprint density at radius 3 is 2.14 bits per heavy atom. The van der Waals surface area contributed by atoms with Crippen molar-refractivity contribution in [3.63, 3.8) is 0 Å². The van der Waals surface area contributed by atoms with Gasteiger partial charge >= 0.3 is 0 Å². The van der Waals surface area contributed by atoms with Gasteiger partial charge in [0.2, 0.25) is 0 Å². The minimum absolute atomic E-state index is 1.22. The predicted molar refractivity (Wildman–Crippen MR) is 69.2 cm³/mol. The van der Waals surface area contributed by atoms with Crippen LogP contribution < -0.4 is 5.32 Å². The Kier molecular flexibility index (Phi) is 13.6. The van der Waals surface area contributed by atoms with Crippen molar-refractivity contribution in [1.29, 1.82) is 0 Å². The molecule has 0 saturated carbocycles. The van der Waals surface area contributed by atoms with Crippen molar-refractivity contribution in [3.8, 4) is 0 Å². The number of thioether (sulfide) groups is 1. The zero-order chi connectivity index (χ0) is 10.5. The first-order chi connectivity index (χ1) is 6.91. The maximum Gasteiger partial charge on any atom is -0.00489 e. The number of nitrogens with one attached hydrogen (secondary N) is 1. The molecule has 0 radical (unpaired) electrons. The molecule has 0 aromatic heterocycles. The molecule has 1 nitrogen and oxygen atoms in total. The topological polar surface area (TPSA) is 12.0 Å². The molecule has 0 heterocycles. The molecule has 0 aromatic rings. The van der Waals surface area contributed by atoms with Gasteiger partial charge in [0.25, 0.3) is 0 Å². The summed E-state index contributed by atoms with van der Waals surface area (Å²) in [6.07, 6.45) is 11.8. The van der Waals surface area contributed by atoms with E-state index in [9.17, 15) is 0 Å². The Morgan fingerprint density at radius 1 is 0.857 bits per heavy atom. The highest BCUT2D eigenvalue weighted by Crippen LogP contribution is 2.03. The number of rotatable bonds is 11. The summed E-state index contributed by atoms with van der Waals surface area (Å²) in [5, 5.41) is 3.51. The molecule has 0 aliphatic carbocycles. The highest BCUT2D eigenvalue weighted by atomic mass is 32.2. The van der Waals surface area contributed by atoms with Crippen LogP contribution in [0.5, 0.6) is 0 Å². The molecule has 86 valence electrons. The van der Waals surface area contributed by atoms with Crippen LogP contribution in [-0.4, -0.2) is 25.1 Å². The quantitative estimate of drug-likeness (QED) is 0.530. The molecule has 0 spiro atoms. The van der Waals surface area contributed by atoms with Crippen LogP contribution in [0.3, 0.4) is 0 Å². The van der Waals surface area contributed by atoms with Gasteiger partial charge in [-0.3, -0.25) is 0 Å². The largest absolute Gasteiger partial charge is 0.317 e. The third kappa shape index (κ3) is 12.3. The van der Waals surface area contributed by atoms with Crippen LogP contribution >= 0.6 is 11.8 Å². The van der Waals surface area contributed by atoms with Gasteiger partial charge in [0.05, 0.1) is 0 Å². The molecule has 0 unspecified atom stereocenters. The number of unbranched alkanes of at least 4 members (excludes halogenated alkanes) is 5. The van der Waals surface area contributed by atoms with Gasteiger partial charge in [-0.2, -0.15) is 11.8 Å². The van der Waals surface area contributed by atoms with Crippen LogP contribution in [-0.2, 0) is 0 Å². The lowest BCUT2D eigenvalue weighted by Gasteiger charge is -2.03. The van der Waals surface area contributed by atoms with E-state index >= 15 is 0 Å². The van der Waals surface area contributed by atoms with E-state index in [0.717, 1.165) is 0 Å². The summed E-state index contributed by atoms with van der Waals surface area (Å²) in [5.41, 5.74) is 0. The Labute approximate surface area is 94.4 Å². The van der Waals surface area contributed by atoms with E-state index in [0.29, 0.717) is 0 Å². The Balaban J connectivity index is 2.78. The summed E-state index contributed by atoms with van der Waals surface area (Å²) in [6, 6.07) is 0. The first-order valence-corrected chi connectivity index (χ1v) is 7.50. The van der Waals surface area contributed by atoms with Crippen molar-refractivity contribution in [2.24, 2.45) is 0 Å². The normalized spacial score (nSPS) is 10.7. The molecule has 0 atom stereocenters. The monoisotopic (exact) mass is 217 g/mol. The summed E-state index contributed by atoms with van der Waals surface area (Å²) >= 11 is 1.96. The van der Waals surface area contributed by atoms with Crippen molar-refractivity contribution >= 4 is 11.8 Å². The molecular weight excluding hydrogens is 190 g/mol. The molecule has 0 amide bonds. The zero-order valence-corrected chi connectivity index (χ0v) is 10.8. The van der Waals surface area contributed by atoms with Crippen LogP contribution in [0.15, 0.2) is 0 Å². The van der Waals surface area contributed by atoms with Crippen LogP contribution in [0.1, 0.15) is 51.9 Å². The second-order valence-corrected chi connectivity index (χ2v) is 4.85. The maximum atomic E-state index is 3.51. The van der Waals surface area contributed by atoms with E-state index in [2.05, 4.69) is 18.5 Å². The molecular formula is C12H27NS. The minimum atomic E-state index is 1.22. The van der Waals surface area contributed by atoms with Gasteiger partial charge in [0.1, 0.15) is 0 Å². The Bertz CT molecular complexity index is 84.3. The number of hydrogen-bond acceptors (Lipinski definition) is 2. The maximum absolute atomic E-state index is 3.51. The van der Waals surface area contributed by atoms with Gasteiger partial charge in [-0.25, -0.2) is 0 Å². The summed E-state index contributed by atoms with van der Waals surface area (Å²) < 4.78 is 0. The van der Waals surface area contributed by atoms with Crippen LogP contribution in [0.25, 0.3) is 0 Å². The van der Waals surface area contributed by atoms with Gasteiger partial charge in [-0.15, -0.1) is 0 Å². The first-order valence-electron chi connectivity index (χ1n) is 6.11. The highest BCUT2D eigenvalue weighted by Gasteiger charge is 1.90. The summed E-state index contributed by atoms with van der Waals surface area (Å²) in [6.45, 7) is 4.70. The minimum Gasteiger partial charge on any atom is -0.317 e. The Hall–Kier alpha value is 0.310. The molecule has 0 aliphatic heterocycles. The lowest BCUT2D eigenvalue weighted by molar-refractivity contribution is 0.573. The first kappa shape index (κ1) is 14.3. The molecule has 0 aliphatic rings. The van der Waals surface area contributed by atoms with E-state index in [-0.39, 0.29) is 0 Å². The van der Waals surface area contributed by atoms with Crippen molar-refractivity contribution < 1.29 is 0 Å². The third-order valence-corrected chi connectivity index (χ3v) is 3.11. The van der Waals surface area contributed by atoms with Crippen LogP contribution in [0.4, 0.5) is 0 Å². The summed E-state index contributed by atoms with van der Waals surface area (Å²) in [4.78, 5) is 0.